The average Bonchev–Trinajstić information content (AvgIpc) is 3.39. The number of hydrogen-bond donors (Lipinski definition) is 0. The van der Waals surface area contributed by atoms with E-state index in [2.05, 4.69) is 0 Å². The maximum Gasteiger partial charge on any atom is 0.252 e. The van der Waals surface area contributed by atoms with Gasteiger partial charge in [-0.05, 0) is 24.3 Å². The van der Waals surface area contributed by atoms with E-state index in [1.54, 1.807) is 24.3 Å². The van der Waals surface area contributed by atoms with Crippen molar-refractivity contribution < 1.29 is 26.3 Å². The van der Waals surface area contributed by atoms with Crippen LogP contribution in [0.3, 0.4) is 0 Å². The van der Waals surface area contributed by atoms with Crippen LogP contribution < -0.4 is 0 Å². The van der Waals surface area contributed by atoms with Crippen LogP contribution in [0.2, 0.25) is 0 Å². The number of rotatable bonds is 5. The molecular weight excluding hydrogens is 444 g/mol. The topological polar surface area (TPSA) is 93.2 Å². The number of ether oxygens (including phenoxy) is 2. The lowest BCUT2D eigenvalue weighted by Crippen LogP contribution is -2.40. The zero-order chi connectivity index (χ0) is 19.8. The highest BCUT2D eigenvalue weighted by molar-refractivity contribution is 7.91. The number of nitrogens with zero attached hydrogens (tertiary/aromatic N) is 2. The summed E-state index contributed by atoms with van der Waals surface area (Å²) in [6.07, 6.45) is 0. The Kier molecular flexibility index (Phi) is 5.91. The normalized spacial score (nSPS) is 20.4. The molecule has 0 atom stereocenters. The molecule has 0 N–H and O–H groups in total. The largest absolute Gasteiger partial charge is 0.379 e. The van der Waals surface area contributed by atoms with Gasteiger partial charge < -0.3 is 9.47 Å². The molecule has 154 valence electrons. The standard InChI is InChI=1S/C16H20N2O6S4/c19-27(20,17-5-9-23-10-6-17)15-3-1-13(25-15)14-2-4-16(26-14)28(21,22)18-7-11-24-12-8-18/h1-4H,5-12H2. The first-order chi connectivity index (χ1) is 13.4. The molecule has 0 bridgehead atoms. The van der Waals surface area contributed by atoms with Crippen molar-refractivity contribution in [3.63, 3.8) is 0 Å². The SMILES string of the molecule is O=S(=O)(c1ccc(-c2ccc(S(=O)(=O)N3CCOCC3)s2)s1)N1CCOCC1. The van der Waals surface area contributed by atoms with Gasteiger partial charge in [0.1, 0.15) is 8.42 Å². The highest BCUT2D eigenvalue weighted by atomic mass is 32.3. The molecule has 4 rings (SSSR count). The van der Waals surface area contributed by atoms with E-state index in [-0.39, 0.29) is 8.42 Å². The number of morpholine rings is 2. The molecule has 2 aromatic heterocycles. The van der Waals surface area contributed by atoms with Gasteiger partial charge in [0.05, 0.1) is 26.4 Å². The van der Waals surface area contributed by atoms with Gasteiger partial charge >= 0.3 is 0 Å². The number of hydrogen-bond acceptors (Lipinski definition) is 8. The van der Waals surface area contributed by atoms with Gasteiger partial charge in [-0.15, -0.1) is 22.7 Å². The van der Waals surface area contributed by atoms with Crippen LogP contribution in [0.5, 0.6) is 0 Å². The third-order valence-electron chi connectivity index (χ3n) is 4.53. The van der Waals surface area contributed by atoms with Gasteiger partial charge in [-0.1, -0.05) is 0 Å². The summed E-state index contributed by atoms with van der Waals surface area (Å²) in [4.78, 5) is 1.47. The van der Waals surface area contributed by atoms with Crippen LogP contribution in [0.15, 0.2) is 32.7 Å². The smallest absolute Gasteiger partial charge is 0.252 e. The summed E-state index contributed by atoms with van der Waals surface area (Å²) in [5.74, 6) is 0. The van der Waals surface area contributed by atoms with E-state index in [9.17, 15) is 16.8 Å². The second-order valence-corrected chi connectivity index (χ2v) is 12.8. The van der Waals surface area contributed by atoms with Crippen LogP contribution in [0.25, 0.3) is 9.75 Å². The fourth-order valence-corrected chi connectivity index (χ4v) is 8.84. The molecule has 28 heavy (non-hydrogen) atoms. The predicted molar refractivity (Wildman–Crippen MR) is 107 cm³/mol. The summed E-state index contributed by atoms with van der Waals surface area (Å²) in [6.45, 7) is 2.95. The lowest BCUT2D eigenvalue weighted by atomic mass is 10.4. The minimum atomic E-state index is -3.55. The Morgan fingerprint density at radius 1 is 0.643 bits per heavy atom. The van der Waals surface area contributed by atoms with Gasteiger partial charge in [0.15, 0.2) is 0 Å². The van der Waals surface area contributed by atoms with Crippen LogP contribution in [-0.2, 0) is 29.5 Å². The molecule has 0 unspecified atom stereocenters. The lowest BCUT2D eigenvalue weighted by molar-refractivity contribution is 0.0731. The fourth-order valence-electron chi connectivity index (χ4n) is 3.01. The molecule has 2 aliphatic heterocycles. The molecule has 0 saturated carbocycles. The van der Waals surface area contributed by atoms with Crippen LogP contribution in [-0.4, -0.2) is 78.1 Å². The molecule has 2 aliphatic rings. The van der Waals surface area contributed by atoms with E-state index in [0.29, 0.717) is 52.6 Å². The molecule has 4 heterocycles. The first-order valence-electron chi connectivity index (χ1n) is 8.75. The molecule has 2 saturated heterocycles. The molecule has 2 fully saturated rings. The molecule has 2 aromatic rings. The van der Waals surface area contributed by atoms with Crippen molar-refractivity contribution in [1.29, 1.82) is 0 Å². The van der Waals surface area contributed by atoms with Crippen molar-refractivity contribution in [2.45, 2.75) is 8.42 Å². The highest BCUT2D eigenvalue weighted by Crippen LogP contribution is 2.38. The predicted octanol–water partition coefficient (Wildman–Crippen LogP) is 1.52. The van der Waals surface area contributed by atoms with E-state index in [1.807, 2.05) is 0 Å². The number of sulfonamides is 2. The Labute approximate surface area is 172 Å². The Bertz CT molecular complexity index is 947. The van der Waals surface area contributed by atoms with Crippen molar-refractivity contribution in [1.82, 2.24) is 8.61 Å². The minimum Gasteiger partial charge on any atom is -0.379 e. The van der Waals surface area contributed by atoms with E-state index >= 15 is 0 Å². The molecule has 0 spiro atoms. The lowest BCUT2D eigenvalue weighted by Gasteiger charge is -2.25. The van der Waals surface area contributed by atoms with Crippen molar-refractivity contribution in [3.8, 4) is 9.75 Å². The summed E-state index contributed by atoms with van der Waals surface area (Å²) in [5.41, 5.74) is 0. The average molecular weight is 465 g/mol. The summed E-state index contributed by atoms with van der Waals surface area (Å²) in [6, 6.07) is 6.63. The van der Waals surface area contributed by atoms with Gasteiger partial charge in [-0.3, -0.25) is 0 Å². The van der Waals surface area contributed by atoms with Crippen molar-refractivity contribution in [2.75, 3.05) is 52.6 Å². The molecule has 0 aromatic carbocycles. The van der Waals surface area contributed by atoms with Gasteiger partial charge in [0.25, 0.3) is 20.0 Å². The summed E-state index contributed by atoms with van der Waals surface area (Å²) < 4.78 is 64.9. The first-order valence-corrected chi connectivity index (χ1v) is 13.3. The third-order valence-corrected chi connectivity index (χ3v) is 11.6. The van der Waals surface area contributed by atoms with Gasteiger partial charge in [-0.2, -0.15) is 8.61 Å². The van der Waals surface area contributed by atoms with Gasteiger partial charge in [0, 0.05) is 35.9 Å². The molecule has 0 aliphatic carbocycles. The zero-order valence-electron chi connectivity index (χ0n) is 14.9. The second-order valence-electron chi connectivity index (χ2n) is 6.27. The summed E-state index contributed by atoms with van der Waals surface area (Å²) in [5, 5.41) is 0. The van der Waals surface area contributed by atoms with Crippen LogP contribution in [0.1, 0.15) is 0 Å². The maximum atomic E-state index is 12.8. The van der Waals surface area contributed by atoms with Crippen LogP contribution in [0.4, 0.5) is 0 Å². The maximum absolute atomic E-state index is 12.8. The van der Waals surface area contributed by atoms with Crippen molar-refractivity contribution >= 4 is 42.7 Å². The van der Waals surface area contributed by atoms with E-state index < -0.39 is 20.0 Å². The third kappa shape index (κ3) is 3.92. The zero-order valence-corrected chi connectivity index (χ0v) is 18.2. The summed E-state index contributed by atoms with van der Waals surface area (Å²) >= 11 is 2.32. The first kappa shape index (κ1) is 20.4. The Morgan fingerprint density at radius 3 is 1.36 bits per heavy atom. The molecule has 0 radical (unpaired) electrons. The molecule has 8 nitrogen and oxygen atoms in total. The monoisotopic (exact) mass is 464 g/mol. The van der Waals surface area contributed by atoms with Crippen LogP contribution >= 0.6 is 22.7 Å². The Morgan fingerprint density at radius 2 is 1.00 bits per heavy atom. The van der Waals surface area contributed by atoms with Gasteiger partial charge in [0.2, 0.25) is 0 Å². The van der Waals surface area contributed by atoms with Gasteiger partial charge in [-0.25, -0.2) is 16.8 Å². The summed E-state index contributed by atoms with van der Waals surface area (Å²) in [7, 11) is -7.10. The fraction of sp³-hybridized carbons (Fsp3) is 0.500. The quantitative estimate of drug-likeness (QED) is 0.666. The van der Waals surface area contributed by atoms with E-state index in [1.165, 1.54) is 8.61 Å². The van der Waals surface area contributed by atoms with Crippen LogP contribution in [0, 0.1) is 0 Å². The molecule has 12 heteroatoms. The van der Waals surface area contributed by atoms with Crippen molar-refractivity contribution in [3.05, 3.63) is 24.3 Å². The van der Waals surface area contributed by atoms with E-state index in [0.717, 1.165) is 32.4 Å². The van der Waals surface area contributed by atoms with E-state index in [4.69, 9.17) is 9.47 Å². The Hall–Kier alpha value is -0.860. The van der Waals surface area contributed by atoms with Crippen molar-refractivity contribution in [2.24, 2.45) is 0 Å². The second kappa shape index (κ2) is 8.11. The number of thiophene rings is 2. The minimum absolute atomic E-state index is 0.260. The molecule has 0 amide bonds. The Balaban J connectivity index is 1.56. The highest BCUT2D eigenvalue weighted by Gasteiger charge is 2.30. The molecular formula is C16H20N2O6S4.